The van der Waals surface area contributed by atoms with Crippen LogP contribution in [0.2, 0.25) is 0 Å². The van der Waals surface area contributed by atoms with Gasteiger partial charge in [0.2, 0.25) is 5.91 Å². The van der Waals surface area contributed by atoms with Gasteiger partial charge >= 0.3 is 5.69 Å². The summed E-state index contributed by atoms with van der Waals surface area (Å²) in [5.41, 5.74) is 0.281. The average Bonchev–Trinajstić information content (AvgIpc) is 2.73. The minimum absolute atomic E-state index is 0.0568. The van der Waals surface area contributed by atoms with E-state index in [1.54, 1.807) is 4.57 Å². The number of aromatic nitrogens is 3. The van der Waals surface area contributed by atoms with E-state index in [1.165, 1.54) is 4.68 Å². The van der Waals surface area contributed by atoms with Crippen LogP contribution in [0.1, 0.15) is 44.5 Å². The lowest BCUT2D eigenvalue weighted by Crippen LogP contribution is -2.44. The Balaban J connectivity index is 1.72. The van der Waals surface area contributed by atoms with Gasteiger partial charge in [0.15, 0.2) is 0 Å². The second kappa shape index (κ2) is 7.15. The number of nitrogens with one attached hydrogen (secondary N) is 1. The molecule has 0 aliphatic carbocycles. The number of rotatable bonds is 4. The van der Waals surface area contributed by atoms with Gasteiger partial charge in [0.1, 0.15) is 12.4 Å². The van der Waals surface area contributed by atoms with Crippen molar-refractivity contribution in [2.75, 3.05) is 0 Å². The molecule has 0 atom stereocenters. The van der Waals surface area contributed by atoms with Crippen molar-refractivity contribution < 1.29 is 4.79 Å². The normalized spacial score (nSPS) is 14.7. The molecule has 1 aliphatic heterocycles. The highest BCUT2D eigenvalue weighted by molar-refractivity contribution is 9.10. The third-order valence-corrected chi connectivity index (χ3v) is 5.12. The molecule has 2 heterocycles. The highest BCUT2D eigenvalue weighted by Crippen LogP contribution is 2.22. The number of carbonyl (C=O) groups is 1. The SMILES string of the molecule is CC(C)(NC(=O)Cn1nc2n(c1=O)CCCCC2)c1ccc(Br)cc1. The quantitative estimate of drug-likeness (QED) is 0.847. The van der Waals surface area contributed by atoms with Crippen LogP contribution in [0.4, 0.5) is 0 Å². The molecule has 2 aromatic rings. The number of nitrogens with zero attached hydrogens (tertiary/aromatic N) is 3. The Morgan fingerprint density at radius 2 is 1.96 bits per heavy atom. The van der Waals surface area contributed by atoms with Crippen molar-refractivity contribution in [3.63, 3.8) is 0 Å². The van der Waals surface area contributed by atoms with Crippen LogP contribution in [-0.2, 0) is 29.8 Å². The molecule has 7 heteroatoms. The highest BCUT2D eigenvalue weighted by Gasteiger charge is 2.24. The molecule has 0 unspecified atom stereocenters. The smallest absolute Gasteiger partial charge is 0.346 e. The first kappa shape index (κ1) is 17.9. The van der Waals surface area contributed by atoms with Gasteiger partial charge in [-0.15, -0.1) is 0 Å². The van der Waals surface area contributed by atoms with Gasteiger partial charge in [-0.05, 0) is 44.4 Å². The molecule has 25 heavy (non-hydrogen) atoms. The third kappa shape index (κ3) is 4.03. The van der Waals surface area contributed by atoms with Crippen LogP contribution in [0.15, 0.2) is 33.5 Å². The minimum atomic E-state index is -0.530. The van der Waals surface area contributed by atoms with E-state index < -0.39 is 5.54 Å². The monoisotopic (exact) mass is 406 g/mol. The van der Waals surface area contributed by atoms with E-state index in [2.05, 4.69) is 26.3 Å². The van der Waals surface area contributed by atoms with E-state index in [0.717, 1.165) is 41.5 Å². The van der Waals surface area contributed by atoms with Gasteiger partial charge in [0.25, 0.3) is 0 Å². The van der Waals surface area contributed by atoms with E-state index in [4.69, 9.17) is 0 Å². The second-order valence-electron chi connectivity index (χ2n) is 7.00. The number of aryl methyl sites for hydroxylation is 1. The summed E-state index contributed by atoms with van der Waals surface area (Å²) >= 11 is 3.41. The number of benzene rings is 1. The number of halogens is 1. The summed E-state index contributed by atoms with van der Waals surface area (Å²) in [4.78, 5) is 24.9. The van der Waals surface area contributed by atoms with Crippen molar-refractivity contribution in [1.29, 1.82) is 0 Å². The van der Waals surface area contributed by atoms with Crippen molar-refractivity contribution in [2.45, 2.75) is 58.2 Å². The Morgan fingerprint density at radius 1 is 1.24 bits per heavy atom. The van der Waals surface area contributed by atoms with Crippen LogP contribution >= 0.6 is 15.9 Å². The summed E-state index contributed by atoms with van der Waals surface area (Å²) in [7, 11) is 0. The molecule has 1 aliphatic rings. The molecule has 134 valence electrons. The van der Waals surface area contributed by atoms with Crippen LogP contribution in [0, 0.1) is 0 Å². The summed E-state index contributed by atoms with van der Waals surface area (Å²) < 4.78 is 3.98. The van der Waals surface area contributed by atoms with Gasteiger partial charge in [0.05, 0.1) is 5.54 Å². The number of hydrogen-bond acceptors (Lipinski definition) is 3. The van der Waals surface area contributed by atoms with Crippen LogP contribution in [0.5, 0.6) is 0 Å². The van der Waals surface area contributed by atoms with Crippen molar-refractivity contribution in [3.8, 4) is 0 Å². The first-order valence-electron chi connectivity index (χ1n) is 8.60. The van der Waals surface area contributed by atoms with Crippen LogP contribution in [0.3, 0.4) is 0 Å². The predicted octanol–water partition coefficient (Wildman–Crippen LogP) is 2.59. The molecule has 0 fully saturated rings. The average molecular weight is 407 g/mol. The molecular formula is C18H23BrN4O2. The molecule has 1 N–H and O–H groups in total. The largest absolute Gasteiger partial charge is 0.346 e. The summed E-state index contributed by atoms with van der Waals surface area (Å²) in [5, 5.41) is 7.36. The molecule has 1 aromatic heterocycles. The molecule has 1 amide bonds. The van der Waals surface area contributed by atoms with E-state index in [-0.39, 0.29) is 18.1 Å². The van der Waals surface area contributed by atoms with Gasteiger partial charge in [-0.3, -0.25) is 9.36 Å². The van der Waals surface area contributed by atoms with Gasteiger partial charge in [-0.1, -0.05) is 34.5 Å². The number of hydrogen-bond donors (Lipinski definition) is 1. The van der Waals surface area contributed by atoms with E-state index in [1.807, 2.05) is 38.1 Å². The fourth-order valence-electron chi connectivity index (χ4n) is 3.19. The topological polar surface area (TPSA) is 68.9 Å². The van der Waals surface area contributed by atoms with Gasteiger partial charge < -0.3 is 5.32 Å². The maximum absolute atomic E-state index is 12.5. The van der Waals surface area contributed by atoms with Gasteiger partial charge in [-0.2, -0.15) is 5.10 Å². The van der Waals surface area contributed by atoms with Gasteiger partial charge in [-0.25, -0.2) is 9.48 Å². The Bertz CT molecular complexity index is 821. The summed E-state index contributed by atoms with van der Waals surface area (Å²) in [6, 6.07) is 7.82. The molecule has 0 saturated carbocycles. The molecule has 0 radical (unpaired) electrons. The maximum Gasteiger partial charge on any atom is 0.346 e. The summed E-state index contributed by atoms with van der Waals surface area (Å²) in [6.45, 7) is 4.53. The Hall–Kier alpha value is -1.89. The fraction of sp³-hybridized carbons (Fsp3) is 0.500. The molecule has 0 bridgehead atoms. The van der Waals surface area contributed by atoms with Gasteiger partial charge in [0, 0.05) is 17.4 Å². The Labute approximate surface area is 155 Å². The lowest BCUT2D eigenvalue weighted by atomic mass is 9.94. The fourth-order valence-corrected chi connectivity index (χ4v) is 3.46. The zero-order chi connectivity index (χ0) is 18.0. The van der Waals surface area contributed by atoms with E-state index in [9.17, 15) is 9.59 Å². The number of amides is 1. The van der Waals surface area contributed by atoms with E-state index >= 15 is 0 Å². The Kier molecular flexibility index (Phi) is 5.13. The summed E-state index contributed by atoms with van der Waals surface area (Å²) in [5.74, 6) is 0.575. The first-order chi connectivity index (χ1) is 11.9. The summed E-state index contributed by atoms with van der Waals surface area (Å²) in [6.07, 6.45) is 3.94. The highest BCUT2D eigenvalue weighted by atomic mass is 79.9. The molecule has 3 rings (SSSR count). The molecule has 1 aromatic carbocycles. The van der Waals surface area contributed by atoms with Crippen molar-refractivity contribution >= 4 is 21.8 Å². The number of fused-ring (bicyclic) bond motifs is 1. The van der Waals surface area contributed by atoms with Crippen LogP contribution in [0.25, 0.3) is 0 Å². The van der Waals surface area contributed by atoms with Crippen molar-refractivity contribution in [3.05, 3.63) is 50.6 Å². The standard InChI is InChI=1S/C18H23BrN4O2/c1-18(2,13-7-9-14(19)10-8-13)20-16(24)12-23-17(25)22-11-5-3-4-6-15(22)21-23/h7-10H,3-6,11-12H2,1-2H3,(H,20,24). The zero-order valence-electron chi connectivity index (χ0n) is 14.6. The number of carbonyl (C=O) groups excluding carboxylic acids is 1. The Morgan fingerprint density at radius 3 is 2.68 bits per heavy atom. The zero-order valence-corrected chi connectivity index (χ0v) is 16.2. The van der Waals surface area contributed by atoms with Crippen LogP contribution in [-0.4, -0.2) is 20.3 Å². The van der Waals surface area contributed by atoms with Crippen molar-refractivity contribution in [2.24, 2.45) is 0 Å². The predicted molar refractivity (Wildman–Crippen MR) is 99.4 cm³/mol. The molecule has 0 saturated heterocycles. The molecule has 0 spiro atoms. The maximum atomic E-state index is 12.5. The van der Waals surface area contributed by atoms with E-state index in [0.29, 0.717) is 6.54 Å². The molecular weight excluding hydrogens is 384 g/mol. The second-order valence-corrected chi connectivity index (χ2v) is 7.91. The molecule has 6 nitrogen and oxygen atoms in total. The lowest BCUT2D eigenvalue weighted by molar-refractivity contribution is -0.123. The van der Waals surface area contributed by atoms with Crippen molar-refractivity contribution in [1.82, 2.24) is 19.7 Å². The first-order valence-corrected chi connectivity index (χ1v) is 9.40. The minimum Gasteiger partial charge on any atom is -0.346 e. The van der Waals surface area contributed by atoms with Crippen LogP contribution < -0.4 is 11.0 Å². The third-order valence-electron chi connectivity index (χ3n) is 4.59. The lowest BCUT2D eigenvalue weighted by Gasteiger charge is -2.27.